The summed E-state index contributed by atoms with van der Waals surface area (Å²) >= 11 is 0. The van der Waals surface area contributed by atoms with Crippen LogP contribution in [0.2, 0.25) is 12.6 Å². The second-order valence-electron chi connectivity index (χ2n) is 4.04. The molecule has 0 amide bonds. The van der Waals surface area contributed by atoms with Crippen molar-refractivity contribution in [2.75, 3.05) is 18.8 Å². The zero-order valence-corrected chi connectivity index (χ0v) is 11.3. The maximum absolute atomic E-state index is 10.2. The molecule has 0 saturated heterocycles. The molecule has 0 bridgehead atoms. The lowest BCUT2D eigenvalue weighted by atomic mass is 10.3. The summed E-state index contributed by atoms with van der Waals surface area (Å²) in [6.07, 6.45) is 1.69. The van der Waals surface area contributed by atoms with Crippen molar-refractivity contribution in [1.29, 1.82) is 0 Å². The molecule has 0 saturated carbocycles. The number of hydrogen-bond donors (Lipinski definition) is 3. The molecule has 0 atom stereocenters. The van der Waals surface area contributed by atoms with E-state index in [4.69, 9.17) is 9.59 Å². The van der Waals surface area contributed by atoms with Crippen LogP contribution in [0.15, 0.2) is 0 Å². The molecule has 16 heavy (non-hydrogen) atoms. The van der Waals surface area contributed by atoms with Gasteiger partial charge in [-0.15, -0.1) is 0 Å². The molecule has 0 aliphatic heterocycles. The zero-order chi connectivity index (χ0) is 12.7. The SMILES string of the molecule is C[Si](O)(O)CCCNCCCCS(=O)(=O)[O-]. The van der Waals surface area contributed by atoms with E-state index in [1.165, 1.54) is 6.55 Å². The fourth-order valence-electron chi connectivity index (χ4n) is 1.20. The maximum atomic E-state index is 10.2. The summed E-state index contributed by atoms with van der Waals surface area (Å²) in [5, 5.41) is 3.05. The van der Waals surface area contributed by atoms with Crippen LogP contribution in [0.1, 0.15) is 19.3 Å². The van der Waals surface area contributed by atoms with Crippen LogP contribution in [-0.4, -0.2) is 50.0 Å². The van der Waals surface area contributed by atoms with Gasteiger partial charge in [0.2, 0.25) is 0 Å². The van der Waals surface area contributed by atoms with Gasteiger partial charge in [0.05, 0.1) is 10.1 Å². The van der Waals surface area contributed by atoms with Crippen molar-refractivity contribution < 1.29 is 22.6 Å². The van der Waals surface area contributed by atoms with Crippen LogP contribution in [0.5, 0.6) is 0 Å². The maximum Gasteiger partial charge on any atom is 0.329 e. The van der Waals surface area contributed by atoms with E-state index in [0.717, 1.165) is 0 Å². The third kappa shape index (κ3) is 14.0. The van der Waals surface area contributed by atoms with Crippen LogP contribution < -0.4 is 5.32 Å². The fraction of sp³-hybridized carbons (Fsp3) is 1.00. The second-order valence-corrected chi connectivity index (χ2v) is 8.50. The van der Waals surface area contributed by atoms with Gasteiger partial charge in [0.25, 0.3) is 0 Å². The molecule has 0 spiro atoms. The Labute approximate surface area is 97.7 Å². The first-order valence-electron chi connectivity index (χ1n) is 5.30. The molecule has 0 aromatic carbocycles. The lowest BCUT2D eigenvalue weighted by molar-refractivity contribution is 0.366. The minimum atomic E-state index is -4.08. The Balaban J connectivity index is 3.23. The van der Waals surface area contributed by atoms with Gasteiger partial charge < -0.3 is 19.5 Å². The predicted octanol–water partition coefficient (Wildman–Crippen LogP) is -0.652. The molecule has 8 heteroatoms. The quantitative estimate of drug-likeness (QED) is 0.292. The first-order valence-corrected chi connectivity index (χ1v) is 9.48. The van der Waals surface area contributed by atoms with E-state index in [1.54, 1.807) is 0 Å². The Morgan fingerprint density at radius 2 is 1.75 bits per heavy atom. The molecular formula is C8H20NO5SSi-. The highest BCUT2D eigenvalue weighted by Gasteiger charge is 2.19. The summed E-state index contributed by atoms with van der Waals surface area (Å²) in [6, 6.07) is 0.426. The van der Waals surface area contributed by atoms with E-state index in [0.29, 0.717) is 38.4 Å². The minimum Gasteiger partial charge on any atom is -0.748 e. The first kappa shape index (κ1) is 16.0. The molecule has 6 nitrogen and oxygen atoms in total. The van der Waals surface area contributed by atoms with Gasteiger partial charge in [0, 0.05) is 5.75 Å². The van der Waals surface area contributed by atoms with Crippen molar-refractivity contribution in [3.05, 3.63) is 0 Å². The summed E-state index contributed by atoms with van der Waals surface area (Å²) in [4.78, 5) is 18.2. The van der Waals surface area contributed by atoms with Crippen LogP contribution in [0, 0.1) is 0 Å². The smallest absolute Gasteiger partial charge is 0.329 e. The molecular weight excluding hydrogens is 250 g/mol. The number of hydrogen-bond acceptors (Lipinski definition) is 6. The molecule has 0 radical (unpaired) electrons. The summed E-state index contributed by atoms with van der Waals surface area (Å²) in [5.74, 6) is -0.313. The van der Waals surface area contributed by atoms with E-state index >= 15 is 0 Å². The Bertz CT molecular complexity index is 275. The van der Waals surface area contributed by atoms with Crippen molar-refractivity contribution >= 4 is 18.7 Å². The lowest BCUT2D eigenvalue weighted by Gasteiger charge is -2.11. The van der Waals surface area contributed by atoms with Gasteiger partial charge in [-0.05, 0) is 44.9 Å². The van der Waals surface area contributed by atoms with E-state index < -0.39 is 18.7 Å². The average Bonchev–Trinajstić information content (AvgIpc) is 2.06. The summed E-state index contributed by atoms with van der Waals surface area (Å²) in [5.41, 5.74) is 0. The van der Waals surface area contributed by atoms with Crippen molar-refractivity contribution in [1.82, 2.24) is 5.32 Å². The van der Waals surface area contributed by atoms with Gasteiger partial charge >= 0.3 is 8.56 Å². The van der Waals surface area contributed by atoms with Crippen molar-refractivity contribution in [2.45, 2.75) is 31.9 Å². The van der Waals surface area contributed by atoms with E-state index in [9.17, 15) is 13.0 Å². The fourth-order valence-corrected chi connectivity index (χ4v) is 2.61. The Morgan fingerprint density at radius 3 is 2.25 bits per heavy atom. The molecule has 0 aromatic rings. The Hall–Kier alpha value is 0.00688. The third-order valence-corrected chi connectivity index (χ3v) is 4.09. The molecule has 0 aromatic heterocycles. The van der Waals surface area contributed by atoms with Crippen LogP contribution in [0.4, 0.5) is 0 Å². The van der Waals surface area contributed by atoms with Gasteiger partial charge in [-0.1, -0.05) is 0 Å². The molecule has 0 heterocycles. The van der Waals surface area contributed by atoms with Gasteiger partial charge in [-0.25, -0.2) is 8.42 Å². The largest absolute Gasteiger partial charge is 0.748 e. The lowest BCUT2D eigenvalue weighted by Crippen LogP contribution is -2.31. The highest BCUT2D eigenvalue weighted by atomic mass is 32.2. The molecule has 0 unspecified atom stereocenters. The van der Waals surface area contributed by atoms with Gasteiger partial charge in [0.15, 0.2) is 0 Å². The predicted molar refractivity (Wildman–Crippen MR) is 62.1 cm³/mol. The zero-order valence-electron chi connectivity index (χ0n) is 9.48. The summed E-state index contributed by atoms with van der Waals surface area (Å²) < 4.78 is 30.7. The van der Waals surface area contributed by atoms with E-state index in [-0.39, 0.29) is 5.75 Å². The van der Waals surface area contributed by atoms with Crippen LogP contribution in [0.3, 0.4) is 0 Å². The average molecular weight is 270 g/mol. The number of rotatable bonds is 9. The standard InChI is InChI=1S/C8H21NO5SSi/c1-16(13,14)8-4-6-9-5-2-3-7-15(10,11)12/h9,13-14H,2-8H2,1H3,(H,10,11,12)/p-1. The second kappa shape index (κ2) is 7.36. The third-order valence-electron chi connectivity index (χ3n) is 2.00. The monoisotopic (exact) mass is 270 g/mol. The van der Waals surface area contributed by atoms with Gasteiger partial charge in [0.1, 0.15) is 0 Å². The van der Waals surface area contributed by atoms with Gasteiger partial charge in [-0.3, -0.25) is 0 Å². The highest BCUT2D eigenvalue weighted by molar-refractivity contribution is 7.85. The number of nitrogens with one attached hydrogen (secondary N) is 1. The van der Waals surface area contributed by atoms with E-state index in [2.05, 4.69) is 5.32 Å². The van der Waals surface area contributed by atoms with Crippen molar-refractivity contribution in [3.8, 4) is 0 Å². The molecule has 0 fully saturated rings. The summed E-state index contributed by atoms with van der Waals surface area (Å²) in [6.45, 7) is 2.78. The first-order chi connectivity index (χ1) is 7.21. The van der Waals surface area contributed by atoms with Crippen molar-refractivity contribution in [2.24, 2.45) is 0 Å². The molecule has 0 aliphatic rings. The Kier molecular flexibility index (Phi) is 7.36. The van der Waals surface area contributed by atoms with Crippen LogP contribution in [-0.2, 0) is 10.1 Å². The molecule has 3 N–H and O–H groups in total. The highest BCUT2D eigenvalue weighted by Crippen LogP contribution is 2.02. The van der Waals surface area contributed by atoms with Crippen LogP contribution >= 0.6 is 0 Å². The molecule has 0 aliphatic carbocycles. The van der Waals surface area contributed by atoms with Crippen molar-refractivity contribution in [3.63, 3.8) is 0 Å². The molecule has 0 rings (SSSR count). The molecule has 98 valence electrons. The topological polar surface area (TPSA) is 110 Å². The minimum absolute atomic E-state index is 0.313. The normalized spacial score (nSPS) is 13.0. The van der Waals surface area contributed by atoms with Gasteiger partial charge in [-0.2, -0.15) is 0 Å². The Morgan fingerprint density at radius 1 is 1.19 bits per heavy atom. The number of unbranched alkanes of at least 4 members (excludes halogenated alkanes) is 1. The summed E-state index contributed by atoms with van der Waals surface area (Å²) in [7, 11) is -7.00. The van der Waals surface area contributed by atoms with E-state index in [1.807, 2.05) is 0 Å². The van der Waals surface area contributed by atoms with Crippen LogP contribution in [0.25, 0.3) is 0 Å².